The fraction of sp³-hybridized carbons (Fsp3) is 0.261. The van der Waals surface area contributed by atoms with Crippen LogP contribution in [0.15, 0.2) is 61.1 Å². The molecule has 3 heterocycles. The fourth-order valence-electron chi connectivity index (χ4n) is 3.98. The summed E-state index contributed by atoms with van der Waals surface area (Å²) in [4.78, 5) is 13.8. The molecule has 8 heteroatoms. The molecular formula is C23H24N6O2. The zero-order valence-corrected chi connectivity index (χ0v) is 17.6. The summed E-state index contributed by atoms with van der Waals surface area (Å²) < 4.78 is 12.5. The Morgan fingerprint density at radius 2 is 1.52 bits per heavy atom. The Kier molecular flexibility index (Phi) is 5.03. The molecule has 1 aliphatic rings. The third-order valence-electron chi connectivity index (χ3n) is 5.66. The molecule has 8 nitrogen and oxygen atoms in total. The lowest BCUT2D eigenvalue weighted by molar-refractivity contribution is 0.414. The van der Waals surface area contributed by atoms with E-state index in [4.69, 9.17) is 9.47 Å². The molecule has 1 saturated heterocycles. The van der Waals surface area contributed by atoms with Crippen molar-refractivity contribution in [2.24, 2.45) is 0 Å². The predicted molar refractivity (Wildman–Crippen MR) is 121 cm³/mol. The number of benzene rings is 2. The van der Waals surface area contributed by atoms with Crippen molar-refractivity contribution in [2.75, 3.05) is 50.2 Å². The van der Waals surface area contributed by atoms with Gasteiger partial charge in [-0.3, -0.25) is 0 Å². The smallest absolute Gasteiger partial charge is 0.168 e. The molecule has 0 aliphatic carbocycles. The molecule has 0 unspecified atom stereocenters. The maximum Gasteiger partial charge on any atom is 0.168 e. The Balaban J connectivity index is 1.38. The third kappa shape index (κ3) is 3.61. The van der Waals surface area contributed by atoms with Crippen LogP contribution in [0.4, 0.5) is 11.5 Å². The Labute approximate surface area is 180 Å². The van der Waals surface area contributed by atoms with E-state index in [2.05, 4.69) is 37.0 Å². The van der Waals surface area contributed by atoms with E-state index >= 15 is 0 Å². The first-order valence-electron chi connectivity index (χ1n) is 10.2. The predicted octanol–water partition coefficient (Wildman–Crippen LogP) is 3.16. The monoisotopic (exact) mass is 416 g/mol. The van der Waals surface area contributed by atoms with Crippen LogP contribution in [0.3, 0.4) is 0 Å². The number of anilines is 2. The van der Waals surface area contributed by atoms with Crippen LogP contribution < -0.4 is 19.3 Å². The van der Waals surface area contributed by atoms with E-state index in [0.717, 1.165) is 60.2 Å². The van der Waals surface area contributed by atoms with Crippen molar-refractivity contribution in [1.82, 2.24) is 19.7 Å². The number of nitrogens with zero attached hydrogens (tertiary/aromatic N) is 6. The second-order valence-corrected chi connectivity index (χ2v) is 7.36. The van der Waals surface area contributed by atoms with Gasteiger partial charge in [0.2, 0.25) is 0 Å². The van der Waals surface area contributed by atoms with E-state index in [1.807, 2.05) is 47.3 Å². The maximum absolute atomic E-state index is 5.37. The molecule has 0 atom stereocenters. The minimum absolute atomic E-state index is 0.797. The molecule has 31 heavy (non-hydrogen) atoms. The number of aromatic nitrogens is 4. The van der Waals surface area contributed by atoms with E-state index in [-0.39, 0.29) is 0 Å². The van der Waals surface area contributed by atoms with E-state index in [9.17, 15) is 0 Å². The zero-order chi connectivity index (χ0) is 21.2. The topological polar surface area (TPSA) is 68.5 Å². The van der Waals surface area contributed by atoms with Crippen LogP contribution in [0.1, 0.15) is 0 Å². The summed E-state index contributed by atoms with van der Waals surface area (Å²) in [5, 5.41) is 5.53. The van der Waals surface area contributed by atoms with Crippen LogP contribution in [0.2, 0.25) is 0 Å². The highest BCUT2D eigenvalue weighted by Gasteiger charge is 2.22. The van der Waals surface area contributed by atoms with Gasteiger partial charge >= 0.3 is 0 Å². The Morgan fingerprint density at radius 3 is 2.26 bits per heavy atom. The van der Waals surface area contributed by atoms with E-state index in [1.165, 1.54) is 5.69 Å². The number of methoxy groups -OCH3 is 2. The molecule has 1 fully saturated rings. The molecule has 2 aromatic heterocycles. The van der Waals surface area contributed by atoms with E-state index < -0.39 is 0 Å². The summed E-state index contributed by atoms with van der Waals surface area (Å²) in [5.41, 5.74) is 2.91. The Bertz CT molecular complexity index is 1180. The lowest BCUT2D eigenvalue weighted by Crippen LogP contribution is -2.46. The number of hydrogen-bond donors (Lipinski definition) is 0. The quantitative estimate of drug-likeness (QED) is 0.495. The van der Waals surface area contributed by atoms with Crippen LogP contribution in [0.25, 0.3) is 16.7 Å². The van der Waals surface area contributed by atoms with Crippen molar-refractivity contribution in [2.45, 2.75) is 0 Å². The molecule has 4 aromatic rings. The molecule has 0 bridgehead atoms. The SMILES string of the molecule is COc1ccc(-n2ncc3c(N4CCN(c5cccc(OC)c5)CC4)ncnc32)cc1. The summed E-state index contributed by atoms with van der Waals surface area (Å²) in [5.74, 6) is 2.61. The number of fused-ring (bicyclic) bond motifs is 1. The van der Waals surface area contributed by atoms with Crippen LogP contribution >= 0.6 is 0 Å². The van der Waals surface area contributed by atoms with Gasteiger partial charge in [-0.05, 0) is 36.4 Å². The second kappa shape index (κ2) is 8.14. The molecule has 0 amide bonds. The molecule has 1 aliphatic heterocycles. The summed E-state index contributed by atoms with van der Waals surface area (Å²) in [6.07, 6.45) is 3.47. The van der Waals surface area contributed by atoms with Crippen LogP contribution in [-0.4, -0.2) is 60.1 Å². The van der Waals surface area contributed by atoms with Crippen LogP contribution in [0, 0.1) is 0 Å². The molecule has 0 spiro atoms. The van der Waals surface area contributed by atoms with Crippen molar-refractivity contribution >= 4 is 22.5 Å². The Hall–Kier alpha value is -3.81. The molecule has 158 valence electrons. The summed E-state index contributed by atoms with van der Waals surface area (Å²) in [6, 6.07) is 16.0. The van der Waals surface area contributed by atoms with Crippen molar-refractivity contribution in [3.05, 3.63) is 61.1 Å². The van der Waals surface area contributed by atoms with Gasteiger partial charge in [0.05, 0.1) is 31.5 Å². The van der Waals surface area contributed by atoms with Crippen molar-refractivity contribution in [1.29, 1.82) is 0 Å². The van der Waals surface area contributed by atoms with Crippen LogP contribution in [-0.2, 0) is 0 Å². The summed E-state index contributed by atoms with van der Waals surface area (Å²) in [7, 11) is 3.36. The molecule has 0 radical (unpaired) electrons. The number of ether oxygens (including phenoxy) is 2. The minimum atomic E-state index is 0.797. The van der Waals surface area contributed by atoms with Gasteiger partial charge in [-0.15, -0.1) is 0 Å². The van der Waals surface area contributed by atoms with Gasteiger partial charge in [-0.25, -0.2) is 14.6 Å². The van der Waals surface area contributed by atoms with Gasteiger partial charge < -0.3 is 19.3 Å². The maximum atomic E-state index is 5.37. The standard InChI is InChI=1S/C23H24N6O2/c1-30-19-8-6-17(7-9-19)29-23-21(15-26-29)22(24-16-25-23)28-12-10-27(11-13-28)18-4-3-5-20(14-18)31-2/h3-9,14-16H,10-13H2,1-2H3. The summed E-state index contributed by atoms with van der Waals surface area (Å²) >= 11 is 0. The van der Waals surface area contributed by atoms with Crippen molar-refractivity contribution < 1.29 is 9.47 Å². The number of rotatable bonds is 5. The highest BCUT2D eigenvalue weighted by atomic mass is 16.5. The van der Waals surface area contributed by atoms with Crippen molar-refractivity contribution in [3.63, 3.8) is 0 Å². The average Bonchev–Trinajstić information content (AvgIpc) is 3.28. The minimum Gasteiger partial charge on any atom is -0.497 e. The second-order valence-electron chi connectivity index (χ2n) is 7.36. The number of piperazine rings is 1. The number of hydrogen-bond acceptors (Lipinski definition) is 7. The fourth-order valence-corrected chi connectivity index (χ4v) is 3.98. The van der Waals surface area contributed by atoms with E-state index in [0.29, 0.717) is 0 Å². The molecular weight excluding hydrogens is 392 g/mol. The third-order valence-corrected chi connectivity index (χ3v) is 5.66. The van der Waals surface area contributed by atoms with Crippen LogP contribution in [0.5, 0.6) is 11.5 Å². The first-order chi connectivity index (χ1) is 15.3. The molecule has 2 aromatic carbocycles. The molecule has 5 rings (SSSR count). The van der Waals surface area contributed by atoms with Crippen molar-refractivity contribution in [3.8, 4) is 17.2 Å². The summed E-state index contributed by atoms with van der Waals surface area (Å²) in [6.45, 7) is 3.56. The Morgan fingerprint density at radius 1 is 0.774 bits per heavy atom. The average molecular weight is 416 g/mol. The molecule has 0 N–H and O–H groups in total. The van der Waals surface area contributed by atoms with E-state index in [1.54, 1.807) is 20.5 Å². The highest BCUT2D eigenvalue weighted by Crippen LogP contribution is 2.28. The normalized spacial score (nSPS) is 14.1. The van der Waals surface area contributed by atoms with Gasteiger partial charge in [0, 0.05) is 37.9 Å². The van der Waals surface area contributed by atoms with Gasteiger partial charge in [-0.2, -0.15) is 5.10 Å². The molecule has 0 saturated carbocycles. The van der Waals surface area contributed by atoms with Gasteiger partial charge in [0.25, 0.3) is 0 Å². The largest absolute Gasteiger partial charge is 0.497 e. The van der Waals surface area contributed by atoms with Gasteiger partial charge in [0.1, 0.15) is 23.6 Å². The highest BCUT2D eigenvalue weighted by molar-refractivity contribution is 5.87. The first kappa shape index (κ1) is 19.2. The first-order valence-corrected chi connectivity index (χ1v) is 10.2. The zero-order valence-electron chi connectivity index (χ0n) is 17.6. The van der Waals surface area contributed by atoms with Gasteiger partial charge in [-0.1, -0.05) is 6.07 Å². The van der Waals surface area contributed by atoms with Gasteiger partial charge in [0.15, 0.2) is 5.65 Å². The lowest BCUT2D eigenvalue weighted by atomic mass is 10.2. The lowest BCUT2D eigenvalue weighted by Gasteiger charge is -2.36.